The van der Waals surface area contributed by atoms with Crippen LogP contribution in [0, 0.1) is 0 Å². The van der Waals surface area contributed by atoms with Crippen LogP contribution in [0.15, 0.2) is 46.5 Å². The second-order valence-electron chi connectivity index (χ2n) is 6.34. The average molecular weight is 372 g/mol. The second kappa shape index (κ2) is 6.17. The summed E-state index contributed by atoms with van der Waals surface area (Å²) in [7, 11) is -3.52. The Morgan fingerprint density at radius 1 is 1.27 bits per heavy atom. The summed E-state index contributed by atoms with van der Waals surface area (Å²) in [6, 6.07) is 7.03. The highest BCUT2D eigenvalue weighted by molar-refractivity contribution is 7.90. The van der Waals surface area contributed by atoms with Crippen molar-refractivity contribution in [3.05, 3.63) is 59.2 Å². The SMILES string of the molecule is CS(=O)(=O)c1ncnn1Cc1ccccc1C(=O)c1cnoc1C1CC1. The van der Waals surface area contributed by atoms with Crippen LogP contribution >= 0.6 is 0 Å². The number of carbonyl (C=O) groups is 1. The van der Waals surface area contributed by atoms with Gasteiger partial charge >= 0.3 is 0 Å². The maximum Gasteiger partial charge on any atom is 0.245 e. The van der Waals surface area contributed by atoms with E-state index in [0.717, 1.165) is 19.1 Å². The number of hydrogen-bond acceptors (Lipinski definition) is 7. The molecule has 0 N–H and O–H groups in total. The summed E-state index contributed by atoms with van der Waals surface area (Å²) in [6.07, 6.45) is 5.70. The van der Waals surface area contributed by atoms with Gasteiger partial charge in [0.15, 0.2) is 11.5 Å². The first kappa shape index (κ1) is 16.6. The van der Waals surface area contributed by atoms with E-state index in [9.17, 15) is 13.2 Å². The van der Waals surface area contributed by atoms with Crippen molar-refractivity contribution in [2.24, 2.45) is 0 Å². The first-order valence-electron chi connectivity index (χ1n) is 8.10. The molecule has 4 rings (SSSR count). The van der Waals surface area contributed by atoms with Gasteiger partial charge in [-0.2, -0.15) is 5.10 Å². The number of ketones is 1. The summed E-state index contributed by atoms with van der Waals surface area (Å²) in [5, 5.41) is 7.62. The smallest absolute Gasteiger partial charge is 0.245 e. The van der Waals surface area contributed by atoms with Crippen LogP contribution in [0.1, 0.15) is 46.0 Å². The van der Waals surface area contributed by atoms with Crippen LogP contribution in [-0.4, -0.2) is 40.4 Å². The molecule has 2 aromatic heterocycles. The van der Waals surface area contributed by atoms with Crippen molar-refractivity contribution >= 4 is 15.6 Å². The summed E-state index contributed by atoms with van der Waals surface area (Å²) >= 11 is 0. The van der Waals surface area contributed by atoms with E-state index in [-0.39, 0.29) is 23.4 Å². The fraction of sp³-hybridized carbons (Fsp3) is 0.294. The fourth-order valence-corrected chi connectivity index (χ4v) is 3.63. The van der Waals surface area contributed by atoms with E-state index in [0.29, 0.717) is 22.5 Å². The average Bonchev–Trinajstić information content (AvgIpc) is 3.13. The predicted molar refractivity (Wildman–Crippen MR) is 90.6 cm³/mol. The maximum absolute atomic E-state index is 13.0. The zero-order valence-electron chi connectivity index (χ0n) is 14.0. The third-order valence-corrected chi connectivity index (χ3v) is 5.26. The molecule has 0 amide bonds. The number of nitrogens with zero attached hydrogens (tertiary/aromatic N) is 4. The normalized spacial score (nSPS) is 14.5. The van der Waals surface area contributed by atoms with E-state index in [1.165, 1.54) is 17.2 Å². The van der Waals surface area contributed by atoms with E-state index in [2.05, 4.69) is 15.2 Å². The zero-order chi connectivity index (χ0) is 18.3. The molecule has 3 aromatic rings. The molecule has 1 aliphatic carbocycles. The number of aromatic nitrogens is 4. The summed E-state index contributed by atoms with van der Waals surface area (Å²) in [5.74, 6) is 0.697. The minimum Gasteiger partial charge on any atom is -0.360 e. The number of carbonyl (C=O) groups excluding carboxylic acids is 1. The molecule has 0 saturated heterocycles. The first-order valence-corrected chi connectivity index (χ1v) is 9.99. The molecular weight excluding hydrogens is 356 g/mol. The van der Waals surface area contributed by atoms with Gasteiger partial charge in [-0.15, -0.1) is 0 Å². The number of hydrogen-bond donors (Lipinski definition) is 0. The Labute approximate surface area is 149 Å². The first-order chi connectivity index (χ1) is 12.4. The molecule has 1 aliphatic rings. The maximum atomic E-state index is 13.0. The zero-order valence-corrected chi connectivity index (χ0v) is 14.8. The minimum absolute atomic E-state index is 0.119. The van der Waals surface area contributed by atoms with Crippen molar-refractivity contribution in [1.82, 2.24) is 19.9 Å². The van der Waals surface area contributed by atoms with Crippen molar-refractivity contribution < 1.29 is 17.7 Å². The Balaban J connectivity index is 1.71. The molecule has 0 atom stereocenters. The summed E-state index contributed by atoms with van der Waals surface area (Å²) in [6.45, 7) is 0.119. The lowest BCUT2D eigenvalue weighted by molar-refractivity contribution is 0.103. The quantitative estimate of drug-likeness (QED) is 0.607. The fourth-order valence-electron chi connectivity index (χ4n) is 2.89. The van der Waals surface area contributed by atoms with Gasteiger partial charge in [0.2, 0.25) is 15.0 Å². The lowest BCUT2D eigenvalue weighted by Gasteiger charge is -2.10. The Hall–Kier alpha value is -2.81. The van der Waals surface area contributed by atoms with Crippen molar-refractivity contribution in [2.45, 2.75) is 30.5 Å². The number of rotatable bonds is 6. The summed E-state index contributed by atoms with van der Waals surface area (Å²) in [4.78, 5) is 16.8. The molecule has 134 valence electrons. The minimum atomic E-state index is -3.52. The van der Waals surface area contributed by atoms with Gasteiger partial charge in [-0.3, -0.25) is 4.79 Å². The number of benzene rings is 1. The monoisotopic (exact) mass is 372 g/mol. The topological polar surface area (TPSA) is 108 Å². The van der Waals surface area contributed by atoms with Gasteiger partial charge in [-0.05, 0) is 18.4 Å². The van der Waals surface area contributed by atoms with Crippen LogP contribution in [0.25, 0.3) is 0 Å². The largest absolute Gasteiger partial charge is 0.360 e. The van der Waals surface area contributed by atoms with Crippen molar-refractivity contribution in [3.8, 4) is 0 Å². The van der Waals surface area contributed by atoms with Gasteiger partial charge < -0.3 is 4.52 Å². The highest BCUT2D eigenvalue weighted by Crippen LogP contribution is 2.42. The Morgan fingerprint density at radius 3 is 2.77 bits per heavy atom. The van der Waals surface area contributed by atoms with Gasteiger partial charge in [-0.25, -0.2) is 18.1 Å². The standard InChI is InChI=1S/C17H16N4O4S/c1-26(23,24)17-18-10-19-21(17)9-12-4-2-3-5-13(12)15(22)14-8-20-25-16(14)11-6-7-11/h2-5,8,10-11H,6-7,9H2,1H3. The molecule has 8 nitrogen and oxygen atoms in total. The molecule has 2 heterocycles. The molecule has 1 saturated carbocycles. The highest BCUT2D eigenvalue weighted by Gasteiger charge is 2.33. The molecule has 0 radical (unpaired) electrons. The molecular formula is C17H16N4O4S. The van der Waals surface area contributed by atoms with E-state index >= 15 is 0 Å². The van der Waals surface area contributed by atoms with Crippen molar-refractivity contribution in [2.75, 3.05) is 6.26 Å². The molecule has 26 heavy (non-hydrogen) atoms. The van der Waals surface area contributed by atoms with Gasteiger partial charge in [0, 0.05) is 17.7 Å². The Bertz CT molecular complexity index is 1080. The van der Waals surface area contributed by atoms with Gasteiger partial charge in [0.05, 0.1) is 18.3 Å². The molecule has 0 unspecified atom stereocenters. The third-order valence-electron chi connectivity index (χ3n) is 4.28. The Kier molecular flexibility index (Phi) is 3.95. The van der Waals surface area contributed by atoms with E-state index in [1.807, 2.05) is 0 Å². The Morgan fingerprint density at radius 2 is 2.04 bits per heavy atom. The van der Waals surface area contributed by atoms with Crippen LogP contribution in [0.4, 0.5) is 0 Å². The van der Waals surface area contributed by atoms with E-state index < -0.39 is 9.84 Å². The predicted octanol–water partition coefficient (Wildman–Crippen LogP) is 1.83. The molecule has 1 aromatic carbocycles. The molecule has 9 heteroatoms. The highest BCUT2D eigenvalue weighted by atomic mass is 32.2. The molecule has 0 spiro atoms. The van der Waals surface area contributed by atoms with E-state index in [4.69, 9.17) is 4.52 Å². The van der Waals surface area contributed by atoms with Crippen molar-refractivity contribution in [1.29, 1.82) is 0 Å². The molecule has 0 aliphatic heterocycles. The van der Waals surface area contributed by atoms with Crippen LogP contribution in [0.2, 0.25) is 0 Å². The third kappa shape index (κ3) is 3.05. The van der Waals surface area contributed by atoms with Crippen molar-refractivity contribution in [3.63, 3.8) is 0 Å². The molecule has 1 fully saturated rings. The van der Waals surface area contributed by atoms with Gasteiger partial charge in [-0.1, -0.05) is 29.4 Å². The van der Waals surface area contributed by atoms with E-state index in [1.54, 1.807) is 24.3 Å². The molecule has 0 bridgehead atoms. The lowest BCUT2D eigenvalue weighted by atomic mass is 9.98. The summed E-state index contributed by atoms with van der Waals surface area (Å²) < 4.78 is 30.2. The van der Waals surface area contributed by atoms with Gasteiger partial charge in [0.1, 0.15) is 6.33 Å². The van der Waals surface area contributed by atoms with Crippen LogP contribution in [0.3, 0.4) is 0 Å². The summed E-state index contributed by atoms with van der Waals surface area (Å²) in [5.41, 5.74) is 1.57. The van der Waals surface area contributed by atoms with Crippen LogP contribution in [0.5, 0.6) is 0 Å². The second-order valence-corrected chi connectivity index (χ2v) is 8.25. The van der Waals surface area contributed by atoms with Gasteiger partial charge in [0.25, 0.3) is 0 Å². The lowest BCUT2D eigenvalue weighted by Crippen LogP contribution is -2.14. The van der Waals surface area contributed by atoms with Crippen LogP contribution in [-0.2, 0) is 16.4 Å². The van der Waals surface area contributed by atoms with Crippen LogP contribution < -0.4 is 0 Å². The number of sulfone groups is 1.